The maximum absolute atomic E-state index is 11.6. The summed E-state index contributed by atoms with van der Waals surface area (Å²) in [5.41, 5.74) is 1.83. The monoisotopic (exact) mass is 259 g/mol. The Bertz CT molecular complexity index is 537. The molecule has 5 nitrogen and oxygen atoms in total. The molecule has 1 unspecified atom stereocenters. The number of ether oxygens (including phenoxy) is 1. The van der Waals surface area contributed by atoms with E-state index in [4.69, 9.17) is 4.74 Å². The second-order valence-electron chi connectivity index (χ2n) is 4.28. The molecule has 1 atom stereocenters. The number of amides is 1. The number of carbonyl (C=O) groups is 1. The van der Waals surface area contributed by atoms with Gasteiger partial charge in [0.15, 0.2) is 0 Å². The first-order valence-electron chi connectivity index (χ1n) is 6.09. The Hall–Kier alpha value is -2.14. The lowest BCUT2D eigenvalue weighted by Crippen LogP contribution is -2.26. The summed E-state index contributed by atoms with van der Waals surface area (Å²) in [6.07, 6.45) is 2.95. The van der Waals surface area contributed by atoms with Crippen molar-refractivity contribution < 1.29 is 9.53 Å². The van der Waals surface area contributed by atoms with Gasteiger partial charge in [-0.2, -0.15) is 5.10 Å². The van der Waals surface area contributed by atoms with Crippen LogP contribution in [0.5, 0.6) is 0 Å². The molecule has 1 aromatic carbocycles. The predicted octanol–water partition coefficient (Wildman–Crippen LogP) is 1.90. The van der Waals surface area contributed by atoms with Crippen LogP contribution in [0.4, 0.5) is 5.69 Å². The van der Waals surface area contributed by atoms with Crippen LogP contribution in [0.2, 0.25) is 0 Å². The van der Waals surface area contributed by atoms with Crippen LogP contribution in [0.3, 0.4) is 0 Å². The van der Waals surface area contributed by atoms with Gasteiger partial charge in [0.05, 0.1) is 18.4 Å². The van der Waals surface area contributed by atoms with E-state index in [1.807, 2.05) is 30.3 Å². The van der Waals surface area contributed by atoms with Crippen molar-refractivity contribution in [2.75, 3.05) is 12.4 Å². The van der Waals surface area contributed by atoms with Crippen molar-refractivity contribution in [3.8, 4) is 0 Å². The van der Waals surface area contributed by atoms with Crippen molar-refractivity contribution >= 4 is 11.6 Å². The molecule has 0 aliphatic rings. The number of hydrogen-bond donors (Lipinski definition) is 1. The average Bonchev–Trinajstić information content (AvgIpc) is 2.86. The van der Waals surface area contributed by atoms with Gasteiger partial charge in [-0.1, -0.05) is 30.3 Å². The first kappa shape index (κ1) is 13.3. The number of carbonyl (C=O) groups excluding carboxylic acids is 1. The summed E-state index contributed by atoms with van der Waals surface area (Å²) in [5, 5.41) is 6.96. The Morgan fingerprint density at radius 2 is 2.16 bits per heavy atom. The first-order valence-corrected chi connectivity index (χ1v) is 6.09. The van der Waals surface area contributed by atoms with Crippen LogP contribution < -0.4 is 5.32 Å². The number of aromatic nitrogens is 2. The van der Waals surface area contributed by atoms with Crippen LogP contribution >= 0.6 is 0 Å². The summed E-state index contributed by atoms with van der Waals surface area (Å²) in [6.45, 7) is 2.38. The molecule has 2 aromatic rings. The normalized spacial score (nSPS) is 12.1. The fraction of sp³-hybridized carbons (Fsp3) is 0.286. The molecule has 2 rings (SSSR count). The zero-order valence-electron chi connectivity index (χ0n) is 11.0. The van der Waals surface area contributed by atoms with Crippen molar-refractivity contribution in [2.45, 2.75) is 19.6 Å². The lowest BCUT2D eigenvalue weighted by atomic mass is 10.2. The van der Waals surface area contributed by atoms with E-state index < -0.39 is 6.10 Å². The molecule has 0 fully saturated rings. The van der Waals surface area contributed by atoms with Gasteiger partial charge in [-0.25, -0.2) is 0 Å². The molecule has 1 amide bonds. The van der Waals surface area contributed by atoms with E-state index in [0.717, 1.165) is 5.56 Å². The summed E-state index contributed by atoms with van der Waals surface area (Å²) in [6, 6.07) is 10.0. The highest BCUT2D eigenvalue weighted by Crippen LogP contribution is 2.08. The molecular weight excluding hydrogens is 242 g/mol. The van der Waals surface area contributed by atoms with Crippen LogP contribution in [0, 0.1) is 0 Å². The van der Waals surface area contributed by atoms with Crippen LogP contribution in [0.25, 0.3) is 0 Å². The molecule has 0 radical (unpaired) electrons. The number of nitrogens with zero attached hydrogens (tertiary/aromatic N) is 2. The van der Waals surface area contributed by atoms with Gasteiger partial charge in [0.1, 0.15) is 6.10 Å². The minimum Gasteiger partial charge on any atom is -0.372 e. The van der Waals surface area contributed by atoms with E-state index in [1.54, 1.807) is 24.0 Å². The third kappa shape index (κ3) is 3.66. The fourth-order valence-electron chi connectivity index (χ4n) is 1.64. The number of hydrogen-bond acceptors (Lipinski definition) is 3. The summed E-state index contributed by atoms with van der Waals surface area (Å²) in [7, 11) is 1.50. The van der Waals surface area contributed by atoms with Gasteiger partial charge < -0.3 is 10.1 Å². The highest BCUT2D eigenvalue weighted by Gasteiger charge is 2.12. The number of anilines is 1. The molecule has 1 aromatic heterocycles. The highest BCUT2D eigenvalue weighted by molar-refractivity contribution is 5.93. The largest absolute Gasteiger partial charge is 0.372 e. The zero-order valence-corrected chi connectivity index (χ0v) is 11.0. The van der Waals surface area contributed by atoms with Gasteiger partial charge in [-0.3, -0.25) is 9.48 Å². The Labute approximate surface area is 112 Å². The van der Waals surface area contributed by atoms with Crippen molar-refractivity contribution in [2.24, 2.45) is 0 Å². The summed E-state index contributed by atoms with van der Waals surface area (Å²) >= 11 is 0. The van der Waals surface area contributed by atoms with Crippen LogP contribution in [0.1, 0.15) is 12.5 Å². The number of nitrogens with one attached hydrogen (secondary N) is 1. The van der Waals surface area contributed by atoms with Gasteiger partial charge in [-0.05, 0) is 12.5 Å². The smallest absolute Gasteiger partial charge is 0.253 e. The quantitative estimate of drug-likeness (QED) is 0.892. The lowest BCUT2D eigenvalue weighted by Gasteiger charge is -2.08. The molecule has 0 aliphatic heterocycles. The van der Waals surface area contributed by atoms with Crippen LogP contribution in [-0.2, 0) is 16.1 Å². The van der Waals surface area contributed by atoms with Gasteiger partial charge in [0.25, 0.3) is 5.91 Å². The molecule has 1 N–H and O–H groups in total. The predicted molar refractivity (Wildman–Crippen MR) is 72.9 cm³/mol. The molecule has 0 saturated carbocycles. The van der Waals surface area contributed by atoms with Crippen LogP contribution in [0.15, 0.2) is 42.7 Å². The highest BCUT2D eigenvalue weighted by atomic mass is 16.5. The van der Waals surface area contributed by atoms with Crippen LogP contribution in [-0.4, -0.2) is 28.9 Å². The third-order valence-corrected chi connectivity index (χ3v) is 2.81. The Kier molecular flexibility index (Phi) is 4.30. The molecule has 5 heteroatoms. The molecule has 100 valence electrons. The van der Waals surface area contributed by atoms with Crippen molar-refractivity contribution in [1.29, 1.82) is 0 Å². The Morgan fingerprint density at radius 3 is 2.84 bits per heavy atom. The van der Waals surface area contributed by atoms with Gasteiger partial charge in [-0.15, -0.1) is 0 Å². The topological polar surface area (TPSA) is 56.1 Å². The summed E-state index contributed by atoms with van der Waals surface area (Å²) in [5.74, 6) is -0.179. The number of rotatable bonds is 5. The minimum atomic E-state index is -0.475. The maximum Gasteiger partial charge on any atom is 0.253 e. The van der Waals surface area contributed by atoms with E-state index in [-0.39, 0.29) is 5.91 Å². The Morgan fingerprint density at radius 1 is 1.42 bits per heavy atom. The summed E-state index contributed by atoms with van der Waals surface area (Å²) < 4.78 is 6.73. The van der Waals surface area contributed by atoms with Gasteiger partial charge in [0, 0.05) is 13.3 Å². The van der Waals surface area contributed by atoms with Crippen molar-refractivity contribution in [1.82, 2.24) is 9.78 Å². The number of benzene rings is 1. The van der Waals surface area contributed by atoms with Gasteiger partial charge >= 0.3 is 0 Å². The summed E-state index contributed by atoms with van der Waals surface area (Å²) in [4.78, 5) is 11.6. The second kappa shape index (κ2) is 6.15. The number of methoxy groups -OCH3 is 1. The van der Waals surface area contributed by atoms with E-state index in [1.165, 1.54) is 7.11 Å². The molecule has 0 bridgehead atoms. The SMILES string of the molecule is COC(C)C(=O)Nc1cnn(Cc2ccccc2)c1. The molecule has 1 heterocycles. The van der Waals surface area contributed by atoms with E-state index in [9.17, 15) is 4.79 Å². The lowest BCUT2D eigenvalue weighted by molar-refractivity contribution is -0.124. The van der Waals surface area contributed by atoms with Crippen molar-refractivity contribution in [3.63, 3.8) is 0 Å². The third-order valence-electron chi connectivity index (χ3n) is 2.81. The van der Waals surface area contributed by atoms with E-state index >= 15 is 0 Å². The molecule has 0 saturated heterocycles. The van der Waals surface area contributed by atoms with E-state index in [2.05, 4.69) is 10.4 Å². The molecule has 0 spiro atoms. The molecular formula is C14H17N3O2. The second-order valence-corrected chi connectivity index (χ2v) is 4.28. The minimum absolute atomic E-state index is 0.179. The van der Waals surface area contributed by atoms with E-state index in [0.29, 0.717) is 12.2 Å². The average molecular weight is 259 g/mol. The molecule has 19 heavy (non-hydrogen) atoms. The fourth-order valence-corrected chi connectivity index (χ4v) is 1.64. The zero-order chi connectivity index (χ0) is 13.7. The first-order chi connectivity index (χ1) is 9.19. The molecule has 0 aliphatic carbocycles. The maximum atomic E-state index is 11.6. The standard InChI is InChI=1S/C14H17N3O2/c1-11(19-2)14(18)16-13-8-15-17(10-13)9-12-6-4-3-5-7-12/h3-8,10-11H,9H2,1-2H3,(H,16,18). The van der Waals surface area contributed by atoms with Crippen molar-refractivity contribution in [3.05, 3.63) is 48.3 Å². The Balaban J connectivity index is 1.98. The van der Waals surface area contributed by atoms with Gasteiger partial charge in [0.2, 0.25) is 0 Å².